The zero-order valence-corrected chi connectivity index (χ0v) is 12.1. The fourth-order valence-corrected chi connectivity index (χ4v) is 1.69. The molecule has 0 saturated heterocycles. The monoisotopic (exact) mass is 364 g/mol. The number of methoxy groups -OCH3 is 2. The molecule has 1 atom stereocenters. The molecule has 1 rings (SSSR count). The van der Waals surface area contributed by atoms with Gasteiger partial charge in [-0.2, -0.15) is 0 Å². The topological polar surface area (TPSA) is 77.5 Å². The number of rotatable bonds is 5. The van der Waals surface area contributed by atoms with Crippen LogP contribution in [0.2, 0.25) is 0 Å². The van der Waals surface area contributed by atoms with E-state index in [1.807, 2.05) is 22.6 Å². The highest BCUT2D eigenvalue weighted by atomic mass is 127. The van der Waals surface area contributed by atoms with E-state index in [2.05, 4.69) is 15.0 Å². The van der Waals surface area contributed by atoms with Crippen LogP contribution in [-0.2, 0) is 9.53 Å². The molecule has 1 amide bonds. The van der Waals surface area contributed by atoms with E-state index in [4.69, 9.17) is 4.74 Å². The number of alkyl halides is 1. The molecule has 0 aliphatic carbocycles. The Balaban J connectivity index is 2.63. The van der Waals surface area contributed by atoms with Gasteiger partial charge in [0.2, 0.25) is 5.88 Å². The van der Waals surface area contributed by atoms with Gasteiger partial charge in [-0.1, -0.05) is 22.6 Å². The van der Waals surface area contributed by atoms with Crippen molar-refractivity contribution in [1.29, 1.82) is 0 Å². The fourth-order valence-electron chi connectivity index (χ4n) is 1.22. The van der Waals surface area contributed by atoms with Crippen molar-refractivity contribution in [1.82, 2.24) is 10.3 Å². The van der Waals surface area contributed by atoms with E-state index in [1.165, 1.54) is 20.4 Å². The van der Waals surface area contributed by atoms with Crippen LogP contribution in [0.5, 0.6) is 5.88 Å². The van der Waals surface area contributed by atoms with E-state index in [0.717, 1.165) is 0 Å². The Labute approximate surface area is 118 Å². The van der Waals surface area contributed by atoms with Crippen molar-refractivity contribution in [2.24, 2.45) is 0 Å². The predicted molar refractivity (Wildman–Crippen MR) is 72.9 cm³/mol. The van der Waals surface area contributed by atoms with Crippen LogP contribution < -0.4 is 10.1 Å². The van der Waals surface area contributed by atoms with Crippen LogP contribution in [0, 0.1) is 0 Å². The highest BCUT2D eigenvalue weighted by Gasteiger charge is 2.18. The summed E-state index contributed by atoms with van der Waals surface area (Å²) in [6.07, 6.45) is 1.53. The SMILES string of the molecule is COC(=O)C(I)CNC(=O)c1cccnc1OC. The van der Waals surface area contributed by atoms with Crippen molar-refractivity contribution in [2.75, 3.05) is 20.8 Å². The molecule has 0 aliphatic heterocycles. The zero-order chi connectivity index (χ0) is 13.5. The lowest BCUT2D eigenvalue weighted by Gasteiger charge is -2.10. The summed E-state index contributed by atoms with van der Waals surface area (Å²) in [5, 5.41) is 2.62. The summed E-state index contributed by atoms with van der Waals surface area (Å²) in [6.45, 7) is 0.185. The van der Waals surface area contributed by atoms with Crippen molar-refractivity contribution in [3.05, 3.63) is 23.9 Å². The number of ether oxygens (including phenoxy) is 2. The maximum absolute atomic E-state index is 11.9. The summed E-state index contributed by atoms with van der Waals surface area (Å²) in [5.74, 6) is -0.474. The Bertz CT molecular complexity index is 439. The van der Waals surface area contributed by atoms with Gasteiger partial charge >= 0.3 is 5.97 Å². The third-order valence-electron chi connectivity index (χ3n) is 2.11. The minimum absolute atomic E-state index is 0.185. The van der Waals surface area contributed by atoms with Gasteiger partial charge < -0.3 is 14.8 Å². The number of nitrogens with one attached hydrogen (secondary N) is 1. The van der Waals surface area contributed by atoms with Crippen molar-refractivity contribution < 1.29 is 19.1 Å². The van der Waals surface area contributed by atoms with E-state index in [1.54, 1.807) is 12.1 Å². The van der Waals surface area contributed by atoms with Gasteiger partial charge in [0.05, 0.1) is 14.2 Å². The van der Waals surface area contributed by atoms with E-state index in [0.29, 0.717) is 5.56 Å². The number of hydrogen-bond acceptors (Lipinski definition) is 5. The number of hydrogen-bond donors (Lipinski definition) is 1. The number of amides is 1. The Hall–Kier alpha value is -1.38. The number of carbonyl (C=O) groups is 2. The molecule has 0 bridgehead atoms. The van der Waals surface area contributed by atoms with Gasteiger partial charge in [-0.3, -0.25) is 9.59 Å². The highest BCUT2D eigenvalue weighted by molar-refractivity contribution is 14.1. The summed E-state index contributed by atoms with van der Waals surface area (Å²) in [6, 6.07) is 3.24. The van der Waals surface area contributed by atoms with E-state index in [9.17, 15) is 9.59 Å². The first-order valence-electron chi connectivity index (χ1n) is 5.09. The molecule has 0 aliphatic rings. The average molecular weight is 364 g/mol. The molecule has 0 saturated carbocycles. The Kier molecular flexibility index (Phi) is 5.83. The third-order valence-corrected chi connectivity index (χ3v) is 3.06. The lowest BCUT2D eigenvalue weighted by Crippen LogP contribution is -2.34. The molecule has 98 valence electrons. The first-order chi connectivity index (χ1) is 8.60. The van der Waals surface area contributed by atoms with Gasteiger partial charge in [-0.15, -0.1) is 0 Å². The van der Waals surface area contributed by atoms with Crippen molar-refractivity contribution in [3.63, 3.8) is 0 Å². The molecule has 1 aromatic heterocycles. The Morgan fingerprint density at radius 2 is 2.22 bits per heavy atom. The molecule has 18 heavy (non-hydrogen) atoms. The number of halogens is 1. The van der Waals surface area contributed by atoms with Crippen LogP contribution in [0.4, 0.5) is 0 Å². The van der Waals surface area contributed by atoms with E-state index in [-0.39, 0.29) is 24.3 Å². The lowest BCUT2D eigenvalue weighted by atomic mass is 10.2. The van der Waals surface area contributed by atoms with Crippen LogP contribution in [-0.4, -0.2) is 41.5 Å². The van der Waals surface area contributed by atoms with Gasteiger partial charge in [0.15, 0.2) is 0 Å². The molecule has 0 fully saturated rings. The normalized spacial score (nSPS) is 11.5. The molecule has 1 aromatic rings. The van der Waals surface area contributed by atoms with E-state index >= 15 is 0 Å². The summed E-state index contributed by atoms with van der Waals surface area (Å²) in [7, 11) is 2.74. The quantitative estimate of drug-likeness (QED) is 0.475. The van der Waals surface area contributed by atoms with Crippen LogP contribution in [0.3, 0.4) is 0 Å². The Morgan fingerprint density at radius 3 is 2.83 bits per heavy atom. The molecular weight excluding hydrogens is 351 g/mol. The molecule has 0 radical (unpaired) electrons. The molecule has 1 unspecified atom stereocenters. The van der Waals surface area contributed by atoms with Crippen molar-refractivity contribution in [3.8, 4) is 5.88 Å². The van der Waals surface area contributed by atoms with Gasteiger partial charge in [0, 0.05) is 12.7 Å². The van der Waals surface area contributed by atoms with Gasteiger partial charge in [0.1, 0.15) is 9.49 Å². The zero-order valence-electron chi connectivity index (χ0n) is 9.97. The molecule has 1 heterocycles. The van der Waals surface area contributed by atoms with Gasteiger partial charge in [-0.25, -0.2) is 4.98 Å². The highest BCUT2D eigenvalue weighted by Crippen LogP contribution is 2.13. The second-order valence-electron chi connectivity index (χ2n) is 3.26. The molecule has 0 spiro atoms. The Morgan fingerprint density at radius 1 is 1.50 bits per heavy atom. The molecule has 7 heteroatoms. The second kappa shape index (κ2) is 7.14. The van der Waals surface area contributed by atoms with Crippen LogP contribution >= 0.6 is 22.6 Å². The van der Waals surface area contributed by atoms with E-state index < -0.39 is 3.92 Å². The van der Waals surface area contributed by atoms with Crippen LogP contribution in [0.1, 0.15) is 10.4 Å². The smallest absolute Gasteiger partial charge is 0.320 e. The predicted octanol–water partition coefficient (Wildman–Crippen LogP) is 0.797. The first-order valence-corrected chi connectivity index (χ1v) is 6.33. The fraction of sp³-hybridized carbons (Fsp3) is 0.364. The molecule has 1 N–H and O–H groups in total. The third kappa shape index (κ3) is 3.83. The molecular formula is C11H13IN2O4. The van der Waals surface area contributed by atoms with Gasteiger partial charge in [0.25, 0.3) is 5.91 Å². The summed E-state index contributed by atoms with van der Waals surface area (Å²) in [4.78, 5) is 26.9. The maximum Gasteiger partial charge on any atom is 0.320 e. The maximum atomic E-state index is 11.9. The largest absolute Gasteiger partial charge is 0.480 e. The number of aromatic nitrogens is 1. The molecule has 0 aromatic carbocycles. The van der Waals surface area contributed by atoms with Crippen LogP contribution in [0.15, 0.2) is 18.3 Å². The number of esters is 1. The summed E-state index contributed by atoms with van der Waals surface area (Å²) >= 11 is 1.90. The molecule has 6 nitrogen and oxygen atoms in total. The minimum Gasteiger partial charge on any atom is -0.480 e. The number of pyridine rings is 1. The lowest BCUT2D eigenvalue weighted by molar-refractivity contribution is -0.139. The van der Waals surface area contributed by atoms with Gasteiger partial charge in [-0.05, 0) is 12.1 Å². The first kappa shape index (κ1) is 14.7. The average Bonchev–Trinajstić information content (AvgIpc) is 2.43. The second-order valence-corrected chi connectivity index (χ2v) is 4.76. The van der Waals surface area contributed by atoms with Crippen LogP contribution in [0.25, 0.3) is 0 Å². The van der Waals surface area contributed by atoms with Crippen molar-refractivity contribution >= 4 is 34.5 Å². The minimum atomic E-state index is -0.431. The summed E-state index contributed by atoms with van der Waals surface area (Å²) < 4.78 is 9.11. The number of nitrogens with zero attached hydrogens (tertiary/aromatic N) is 1. The standard InChI is InChI=1S/C11H13IN2O4/c1-17-10-7(4-3-5-13-10)9(15)14-6-8(12)11(16)18-2/h3-5,8H,6H2,1-2H3,(H,14,15). The van der Waals surface area contributed by atoms with Crippen molar-refractivity contribution in [2.45, 2.75) is 3.92 Å². The summed E-state index contributed by atoms with van der Waals surface area (Å²) in [5.41, 5.74) is 0.327. The number of carbonyl (C=O) groups excluding carboxylic acids is 2.